The largest absolute Gasteiger partial charge is 0.465 e. The first kappa shape index (κ1) is 22.5. The zero-order chi connectivity index (χ0) is 23.8. The molecule has 3 aromatic rings. The third-order valence-corrected chi connectivity index (χ3v) is 6.86. The first-order valence-corrected chi connectivity index (χ1v) is 11.7. The number of benzene rings is 3. The van der Waals surface area contributed by atoms with Gasteiger partial charge in [0, 0.05) is 27.7 Å². The Labute approximate surface area is 207 Å². The number of allylic oxidation sites excluding steroid dienone is 1. The van der Waals surface area contributed by atoms with Crippen molar-refractivity contribution in [1.82, 2.24) is 0 Å². The number of ketones is 1. The lowest BCUT2D eigenvalue weighted by atomic mass is 9.78. The number of hydrogen-bond donors (Lipinski definition) is 2. The molecule has 0 aromatic heterocycles. The van der Waals surface area contributed by atoms with Crippen molar-refractivity contribution in [3.05, 3.63) is 105 Å². The third kappa shape index (κ3) is 4.29. The lowest BCUT2D eigenvalue weighted by molar-refractivity contribution is -0.116. The molecular formula is C27H22Cl2N2O3. The summed E-state index contributed by atoms with van der Waals surface area (Å²) in [7, 11) is 1.35. The lowest BCUT2D eigenvalue weighted by Crippen LogP contribution is -2.26. The molecule has 0 unspecified atom stereocenters. The fourth-order valence-corrected chi connectivity index (χ4v) is 4.97. The third-order valence-electron chi connectivity index (χ3n) is 6.37. The Morgan fingerprint density at radius 2 is 1.56 bits per heavy atom. The van der Waals surface area contributed by atoms with E-state index in [0.717, 1.165) is 28.2 Å². The molecule has 3 aromatic carbocycles. The van der Waals surface area contributed by atoms with E-state index in [0.29, 0.717) is 34.0 Å². The van der Waals surface area contributed by atoms with E-state index in [1.54, 1.807) is 12.1 Å². The van der Waals surface area contributed by atoms with Gasteiger partial charge in [-0.2, -0.15) is 0 Å². The second-order valence-corrected chi connectivity index (χ2v) is 9.35. The minimum Gasteiger partial charge on any atom is -0.465 e. The van der Waals surface area contributed by atoms with Gasteiger partial charge in [-0.1, -0.05) is 47.5 Å². The minimum absolute atomic E-state index is 0.0408. The number of anilines is 2. The molecule has 0 bridgehead atoms. The number of Topliss-reactive ketones (excluding diaryl/α,β-unsaturated/α-hetero) is 1. The SMILES string of the molecule is COC(=O)c1ccc([C@@H]2Nc3ccc(Cl)cc3NC3=C2C(=O)C[C@H](c2ccc(Cl)cc2)C3)cc1. The summed E-state index contributed by atoms with van der Waals surface area (Å²) in [6.45, 7) is 0. The van der Waals surface area contributed by atoms with E-state index in [1.807, 2.05) is 54.6 Å². The highest BCUT2D eigenvalue weighted by Crippen LogP contribution is 2.44. The molecule has 5 nitrogen and oxygen atoms in total. The zero-order valence-electron chi connectivity index (χ0n) is 18.4. The monoisotopic (exact) mass is 492 g/mol. The van der Waals surface area contributed by atoms with Crippen LogP contribution in [0.15, 0.2) is 78.0 Å². The Kier molecular flexibility index (Phi) is 6.07. The summed E-state index contributed by atoms with van der Waals surface area (Å²) in [6, 6.07) is 20.0. The van der Waals surface area contributed by atoms with Crippen molar-refractivity contribution in [3.8, 4) is 0 Å². The summed E-state index contributed by atoms with van der Waals surface area (Å²) in [6.07, 6.45) is 1.07. The number of ether oxygens (including phenoxy) is 1. The summed E-state index contributed by atoms with van der Waals surface area (Å²) < 4.78 is 4.81. The van der Waals surface area contributed by atoms with E-state index in [2.05, 4.69) is 10.6 Å². The first-order valence-electron chi connectivity index (χ1n) is 11.0. The van der Waals surface area contributed by atoms with Gasteiger partial charge >= 0.3 is 5.97 Å². The lowest BCUT2D eigenvalue weighted by Gasteiger charge is -2.30. The average Bonchev–Trinajstić information content (AvgIpc) is 3.00. The molecule has 2 N–H and O–H groups in total. The van der Waals surface area contributed by atoms with E-state index >= 15 is 0 Å². The molecule has 2 atom stereocenters. The molecule has 7 heteroatoms. The fourth-order valence-electron chi connectivity index (χ4n) is 4.67. The Morgan fingerprint density at radius 1 is 0.882 bits per heavy atom. The van der Waals surface area contributed by atoms with Crippen LogP contribution in [-0.4, -0.2) is 18.9 Å². The Bertz CT molecular complexity index is 1300. The van der Waals surface area contributed by atoms with Crippen LogP contribution in [0.25, 0.3) is 0 Å². The molecule has 0 saturated heterocycles. The number of carbonyl (C=O) groups excluding carboxylic acids is 2. The van der Waals surface area contributed by atoms with Crippen LogP contribution >= 0.6 is 23.2 Å². The van der Waals surface area contributed by atoms with Crippen molar-refractivity contribution < 1.29 is 14.3 Å². The molecular weight excluding hydrogens is 471 g/mol. The number of hydrogen-bond acceptors (Lipinski definition) is 5. The molecule has 0 spiro atoms. The fraction of sp³-hybridized carbons (Fsp3) is 0.185. The van der Waals surface area contributed by atoms with E-state index < -0.39 is 5.97 Å². The van der Waals surface area contributed by atoms with Gasteiger partial charge in [0.1, 0.15) is 0 Å². The van der Waals surface area contributed by atoms with E-state index in [4.69, 9.17) is 27.9 Å². The Hall–Kier alpha value is -3.28. The topological polar surface area (TPSA) is 67.4 Å². The van der Waals surface area contributed by atoms with Crippen LogP contribution in [-0.2, 0) is 9.53 Å². The number of halogens is 2. The van der Waals surface area contributed by atoms with Crippen LogP contribution in [0.1, 0.15) is 46.3 Å². The first-order chi connectivity index (χ1) is 16.4. The highest BCUT2D eigenvalue weighted by Gasteiger charge is 2.36. The normalized spacial score (nSPS) is 19.3. The number of fused-ring (bicyclic) bond motifs is 1. The Balaban J connectivity index is 1.58. The quantitative estimate of drug-likeness (QED) is 0.395. The number of carbonyl (C=O) groups is 2. The second kappa shape index (κ2) is 9.16. The van der Waals surface area contributed by atoms with Gasteiger partial charge in [0.15, 0.2) is 5.78 Å². The van der Waals surface area contributed by atoms with E-state index in [9.17, 15) is 9.59 Å². The van der Waals surface area contributed by atoms with Crippen LogP contribution in [0.5, 0.6) is 0 Å². The number of methoxy groups -OCH3 is 1. The number of nitrogens with one attached hydrogen (secondary N) is 2. The van der Waals surface area contributed by atoms with Crippen LogP contribution in [0.2, 0.25) is 10.0 Å². The smallest absolute Gasteiger partial charge is 0.337 e. The highest BCUT2D eigenvalue weighted by atomic mass is 35.5. The summed E-state index contributed by atoms with van der Waals surface area (Å²) in [5.74, 6) is -0.289. The highest BCUT2D eigenvalue weighted by molar-refractivity contribution is 6.31. The van der Waals surface area contributed by atoms with Gasteiger partial charge in [-0.3, -0.25) is 4.79 Å². The summed E-state index contributed by atoms with van der Waals surface area (Å²) in [4.78, 5) is 25.5. The van der Waals surface area contributed by atoms with Crippen LogP contribution in [0, 0.1) is 0 Å². The maximum absolute atomic E-state index is 13.6. The molecule has 0 radical (unpaired) electrons. The molecule has 5 rings (SSSR count). The van der Waals surface area contributed by atoms with Crippen molar-refractivity contribution in [1.29, 1.82) is 0 Å². The molecule has 2 aliphatic rings. The van der Waals surface area contributed by atoms with Crippen LogP contribution in [0.4, 0.5) is 11.4 Å². The van der Waals surface area contributed by atoms with Crippen LogP contribution in [0.3, 0.4) is 0 Å². The number of esters is 1. The predicted octanol–water partition coefficient (Wildman–Crippen LogP) is 6.76. The molecule has 0 saturated carbocycles. The van der Waals surface area contributed by atoms with Crippen molar-refractivity contribution in [2.45, 2.75) is 24.8 Å². The maximum Gasteiger partial charge on any atom is 0.337 e. The zero-order valence-corrected chi connectivity index (χ0v) is 19.9. The summed E-state index contributed by atoms with van der Waals surface area (Å²) in [5, 5.41) is 8.29. The molecule has 0 amide bonds. The van der Waals surface area contributed by atoms with Crippen molar-refractivity contribution in [3.63, 3.8) is 0 Å². The molecule has 1 aliphatic carbocycles. The summed E-state index contributed by atoms with van der Waals surface area (Å²) >= 11 is 12.4. The minimum atomic E-state index is -0.401. The van der Waals surface area contributed by atoms with Crippen LogP contribution < -0.4 is 10.6 Å². The maximum atomic E-state index is 13.6. The van der Waals surface area contributed by atoms with Crippen molar-refractivity contribution in [2.24, 2.45) is 0 Å². The second-order valence-electron chi connectivity index (χ2n) is 8.48. The van der Waals surface area contributed by atoms with Gasteiger partial charge in [-0.25, -0.2) is 4.79 Å². The molecule has 34 heavy (non-hydrogen) atoms. The average molecular weight is 493 g/mol. The predicted molar refractivity (Wildman–Crippen MR) is 135 cm³/mol. The van der Waals surface area contributed by atoms with Gasteiger partial charge in [0.05, 0.1) is 30.1 Å². The summed E-state index contributed by atoms with van der Waals surface area (Å²) in [5.41, 5.74) is 5.64. The van der Waals surface area contributed by atoms with Gasteiger partial charge in [0.25, 0.3) is 0 Å². The van der Waals surface area contributed by atoms with Gasteiger partial charge in [0.2, 0.25) is 0 Å². The Morgan fingerprint density at radius 3 is 2.26 bits per heavy atom. The van der Waals surface area contributed by atoms with E-state index in [-0.39, 0.29) is 17.7 Å². The molecule has 172 valence electrons. The van der Waals surface area contributed by atoms with Gasteiger partial charge < -0.3 is 15.4 Å². The van der Waals surface area contributed by atoms with Crippen molar-refractivity contribution in [2.75, 3.05) is 17.7 Å². The van der Waals surface area contributed by atoms with Gasteiger partial charge in [-0.05, 0) is 65.9 Å². The molecule has 1 aliphatic heterocycles. The van der Waals surface area contributed by atoms with Gasteiger partial charge in [-0.15, -0.1) is 0 Å². The van der Waals surface area contributed by atoms with Crippen molar-refractivity contribution >= 4 is 46.3 Å². The van der Waals surface area contributed by atoms with E-state index in [1.165, 1.54) is 7.11 Å². The molecule has 1 heterocycles. The molecule has 0 fully saturated rings. The number of rotatable bonds is 3. The standard InChI is InChI=1S/C27H22Cl2N2O3/c1-34-27(33)17-4-2-16(3-5-17)26-25-23(30-22-14-20(29)10-11-21(22)31-26)12-18(13-24(25)32)15-6-8-19(28)9-7-15/h2-11,14,18,26,30-31H,12-13H2,1H3/t18-,26+/m1/s1.